The largest absolute Gasteiger partial charge is 0.453 e. The second-order valence-electron chi connectivity index (χ2n) is 5.98. The fourth-order valence-electron chi connectivity index (χ4n) is 2.29. The average Bonchev–Trinajstić information content (AvgIpc) is 2.68. The van der Waals surface area contributed by atoms with E-state index in [9.17, 15) is 18.0 Å². The molecule has 0 saturated heterocycles. The fourth-order valence-corrected chi connectivity index (χ4v) is 3.28. The molecule has 0 aliphatic heterocycles. The highest BCUT2D eigenvalue weighted by Gasteiger charge is 2.18. The zero-order valence-corrected chi connectivity index (χ0v) is 17.8. The normalized spacial score (nSPS) is 12.2. The molecule has 0 aliphatic rings. The Balaban J connectivity index is 1.82. The molecule has 0 aromatic heterocycles. The van der Waals surface area contributed by atoms with E-state index in [2.05, 4.69) is 26.0 Å². The maximum absolute atomic E-state index is 12.1. The molecule has 7 nitrogen and oxygen atoms in total. The summed E-state index contributed by atoms with van der Waals surface area (Å²) in [7, 11) is -2.15. The molecule has 0 heterocycles. The molecule has 1 atom stereocenters. The van der Waals surface area contributed by atoms with E-state index in [1.54, 1.807) is 36.4 Å². The molecule has 0 aliphatic carbocycles. The Kier molecular flexibility index (Phi) is 7.73. The molecular weight excluding hydrogens is 448 g/mol. The summed E-state index contributed by atoms with van der Waals surface area (Å²) in [5, 5.41) is 2.67. The number of anilines is 1. The van der Waals surface area contributed by atoms with Crippen molar-refractivity contribution in [2.45, 2.75) is 30.8 Å². The van der Waals surface area contributed by atoms with Gasteiger partial charge < -0.3 is 10.1 Å². The van der Waals surface area contributed by atoms with Crippen LogP contribution in [0, 0.1) is 0 Å². The summed E-state index contributed by atoms with van der Waals surface area (Å²) in [6.45, 7) is 1.50. The third-order valence-electron chi connectivity index (χ3n) is 3.91. The number of rotatable bonds is 8. The number of amides is 1. The molecule has 2 N–H and O–H groups in total. The molecule has 150 valence electrons. The molecular formula is C19H21BrN2O5S. The van der Waals surface area contributed by atoms with Crippen molar-refractivity contribution in [2.75, 3.05) is 12.4 Å². The van der Waals surface area contributed by atoms with Crippen molar-refractivity contribution in [1.82, 2.24) is 4.72 Å². The maximum atomic E-state index is 12.1. The number of hydrogen-bond donors (Lipinski definition) is 2. The molecule has 2 aromatic carbocycles. The van der Waals surface area contributed by atoms with Crippen LogP contribution in [0.4, 0.5) is 5.69 Å². The van der Waals surface area contributed by atoms with E-state index in [1.165, 1.54) is 26.1 Å². The van der Waals surface area contributed by atoms with Crippen LogP contribution in [0.25, 0.3) is 0 Å². The number of carbonyl (C=O) groups excluding carboxylic acids is 2. The van der Waals surface area contributed by atoms with Gasteiger partial charge in [0.25, 0.3) is 5.91 Å². The zero-order valence-electron chi connectivity index (χ0n) is 15.4. The molecule has 0 saturated carbocycles. The topological polar surface area (TPSA) is 102 Å². The number of esters is 1. The van der Waals surface area contributed by atoms with Crippen LogP contribution in [0.3, 0.4) is 0 Å². The number of ether oxygens (including phenoxy) is 1. The van der Waals surface area contributed by atoms with Crippen LogP contribution in [0.15, 0.2) is 57.9 Å². The highest BCUT2D eigenvalue weighted by molar-refractivity contribution is 9.10. The number of benzene rings is 2. The van der Waals surface area contributed by atoms with Crippen LogP contribution in [0.1, 0.15) is 18.9 Å². The lowest BCUT2D eigenvalue weighted by Gasteiger charge is -2.13. The van der Waals surface area contributed by atoms with Crippen LogP contribution >= 0.6 is 15.9 Å². The Hall–Kier alpha value is -2.23. The summed E-state index contributed by atoms with van der Waals surface area (Å²) >= 11 is 3.31. The quantitative estimate of drug-likeness (QED) is 0.579. The molecule has 28 heavy (non-hydrogen) atoms. The second kappa shape index (κ2) is 9.81. The van der Waals surface area contributed by atoms with E-state index in [0.717, 1.165) is 10.0 Å². The van der Waals surface area contributed by atoms with Gasteiger partial charge >= 0.3 is 5.97 Å². The first-order valence-electron chi connectivity index (χ1n) is 8.49. The maximum Gasteiger partial charge on any atom is 0.306 e. The predicted molar refractivity (Wildman–Crippen MR) is 109 cm³/mol. The van der Waals surface area contributed by atoms with Gasteiger partial charge in [-0.3, -0.25) is 9.59 Å². The van der Waals surface area contributed by atoms with Crippen LogP contribution in [-0.2, 0) is 30.8 Å². The van der Waals surface area contributed by atoms with Gasteiger partial charge in [0.2, 0.25) is 10.0 Å². The lowest BCUT2D eigenvalue weighted by atomic mass is 10.1. The zero-order chi connectivity index (χ0) is 20.7. The van der Waals surface area contributed by atoms with Crippen molar-refractivity contribution in [1.29, 1.82) is 0 Å². The Labute approximate surface area is 172 Å². The van der Waals surface area contributed by atoms with Gasteiger partial charge in [-0.25, -0.2) is 13.1 Å². The SMILES string of the molecule is CNS(=O)(=O)c1ccc(CCC(=O)OC(C)C(=O)Nc2ccc(Br)cc2)cc1. The summed E-state index contributed by atoms with van der Waals surface area (Å²) in [6, 6.07) is 13.3. The number of halogens is 1. The Morgan fingerprint density at radius 3 is 2.25 bits per heavy atom. The molecule has 2 aromatic rings. The van der Waals surface area contributed by atoms with Gasteiger partial charge in [0.15, 0.2) is 6.10 Å². The smallest absolute Gasteiger partial charge is 0.306 e. The van der Waals surface area contributed by atoms with Gasteiger partial charge in [-0.05, 0) is 62.4 Å². The van der Waals surface area contributed by atoms with Crippen molar-refractivity contribution >= 4 is 43.5 Å². The van der Waals surface area contributed by atoms with Gasteiger partial charge in [-0.2, -0.15) is 0 Å². The Morgan fingerprint density at radius 1 is 1.07 bits per heavy atom. The fraction of sp³-hybridized carbons (Fsp3) is 0.263. The van der Waals surface area contributed by atoms with E-state index in [1.807, 2.05) is 0 Å². The lowest BCUT2D eigenvalue weighted by molar-refractivity contribution is -0.153. The van der Waals surface area contributed by atoms with Crippen LogP contribution in [0.5, 0.6) is 0 Å². The first-order valence-corrected chi connectivity index (χ1v) is 10.8. The van der Waals surface area contributed by atoms with E-state index in [0.29, 0.717) is 12.1 Å². The standard InChI is InChI=1S/C19H21BrN2O5S/c1-13(19(24)22-16-8-6-15(20)7-9-16)27-18(23)12-5-14-3-10-17(11-4-14)28(25,26)21-2/h3-4,6-11,13,21H,5,12H2,1-2H3,(H,22,24). The summed E-state index contributed by atoms with van der Waals surface area (Å²) in [5.74, 6) is -0.928. The first kappa shape index (κ1) is 22.1. The van der Waals surface area contributed by atoms with Gasteiger partial charge in [-0.15, -0.1) is 0 Å². The summed E-state index contributed by atoms with van der Waals surface area (Å²) in [6.07, 6.45) is -0.479. The van der Waals surface area contributed by atoms with Gasteiger partial charge in [0.05, 0.1) is 4.90 Å². The van der Waals surface area contributed by atoms with Crippen LogP contribution < -0.4 is 10.0 Å². The monoisotopic (exact) mass is 468 g/mol. The first-order chi connectivity index (χ1) is 13.2. The predicted octanol–water partition coefficient (Wildman–Crippen LogP) is 2.86. The number of sulfonamides is 1. The van der Waals surface area contributed by atoms with Gasteiger partial charge in [-0.1, -0.05) is 28.1 Å². The summed E-state index contributed by atoms with van der Waals surface area (Å²) in [5.41, 5.74) is 1.40. The molecule has 0 bridgehead atoms. The van der Waals surface area contributed by atoms with Crippen molar-refractivity contribution in [3.63, 3.8) is 0 Å². The van der Waals surface area contributed by atoms with Crippen LogP contribution in [-0.4, -0.2) is 33.4 Å². The minimum absolute atomic E-state index is 0.0774. The Morgan fingerprint density at radius 2 is 1.68 bits per heavy atom. The molecule has 2 rings (SSSR count). The minimum atomic E-state index is -3.49. The van der Waals surface area contributed by atoms with E-state index in [4.69, 9.17) is 4.74 Å². The average molecular weight is 469 g/mol. The lowest BCUT2D eigenvalue weighted by Crippen LogP contribution is -2.30. The minimum Gasteiger partial charge on any atom is -0.453 e. The van der Waals surface area contributed by atoms with E-state index >= 15 is 0 Å². The molecule has 1 unspecified atom stereocenters. The van der Waals surface area contributed by atoms with Crippen molar-refractivity contribution in [3.8, 4) is 0 Å². The highest BCUT2D eigenvalue weighted by atomic mass is 79.9. The van der Waals surface area contributed by atoms with Gasteiger partial charge in [0, 0.05) is 16.6 Å². The van der Waals surface area contributed by atoms with E-state index < -0.39 is 28.0 Å². The van der Waals surface area contributed by atoms with Crippen molar-refractivity contribution < 1.29 is 22.7 Å². The van der Waals surface area contributed by atoms with Crippen molar-refractivity contribution in [3.05, 3.63) is 58.6 Å². The van der Waals surface area contributed by atoms with Gasteiger partial charge in [0.1, 0.15) is 0 Å². The third-order valence-corrected chi connectivity index (χ3v) is 5.87. The highest BCUT2D eigenvalue weighted by Crippen LogP contribution is 2.15. The molecule has 1 amide bonds. The number of hydrogen-bond acceptors (Lipinski definition) is 5. The molecule has 0 fully saturated rings. The number of aryl methyl sites for hydroxylation is 1. The Bertz CT molecular complexity index is 928. The second-order valence-corrected chi connectivity index (χ2v) is 8.78. The molecule has 0 radical (unpaired) electrons. The summed E-state index contributed by atoms with van der Waals surface area (Å²) in [4.78, 5) is 24.2. The third kappa shape index (κ3) is 6.43. The number of carbonyl (C=O) groups is 2. The summed E-state index contributed by atoms with van der Waals surface area (Å²) < 4.78 is 31.7. The van der Waals surface area contributed by atoms with E-state index in [-0.39, 0.29) is 11.3 Å². The molecule has 9 heteroatoms. The van der Waals surface area contributed by atoms with Crippen molar-refractivity contribution in [2.24, 2.45) is 0 Å². The van der Waals surface area contributed by atoms with Crippen LogP contribution in [0.2, 0.25) is 0 Å². The molecule has 0 spiro atoms. The number of nitrogens with one attached hydrogen (secondary N) is 2.